The number of benzene rings is 1. The number of rotatable bonds is 34. The number of guanidine groups is 1. The summed E-state index contributed by atoms with van der Waals surface area (Å²) in [6.45, 7) is -0.850. The van der Waals surface area contributed by atoms with Gasteiger partial charge in [-0.2, -0.15) is 0 Å². The Morgan fingerprint density at radius 1 is 0.671 bits per heavy atom. The van der Waals surface area contributed by atoms with Crippen LogP contribution >= 0.6 is 0 Å². The third-order valence-corrected chi connectivity index (χ3v) is 11.7. The number of carboxylic acids is 3. The standard InChI is InChI=1S/C45H71N13O18/c1-22(61)35(57-36(67)25(47)20-59)42(73)55-30(19-34(65)66)40(71)51-26(7-4-16-50-45(48)49)37(68)56-31(21-60)43(74)58-17-5-8-32(58)41(72)54-29(18-23-9-11-24(62)12-10-23)39(70)52-27(13-14-33(63)64)38(69)53-28(44(75)76)6-2-3-15-46/h9-12,22,25-32,35,59-62H,2-8,13-21,46-47H2,1H3,(H,51,71)(H,52,70)(H,53,69)(H,54,72)(H,55,73)(H,56,68)(H,57,67)(H,63,64)(H,65,66)(H,75,76)(H4,48,49,50)/t22-,25+,26+,27+,28+,29+,30+,31+,32+,35+/m1/s1. The molecule has 0 saturated carbocycles. The molecule has 0 aliphatic carbocycles. The molecule has 1 aliphatic rings. The fraction of sp³-hybridized carbons (Fsp3) is 0.600. The average molecular weight is 1080 g/mol. The summed E-state index contributed by atoms with van der Waals surface area (Å²) in [6.07, 6.45) is -3.68. The normalized spacial score (nSPS) is 16.6. The molecule has 0 bridgehead atoms. The molecule has 1 heterocycles. The first-order valence-electron chi connectivity index (χ1n) is 24.1. The number of unbranched alkanes of at least 4 members (excludes halogenated alkanes) is 1. The maximum atomic E-state index is 14.1. The number of aliphatic hydroxyl groups excluding tert-OH is 3. The number of hydrogen-bond acceptors (Lipinski definition) is 18. The van der Waals surface area contributed by atoms with Crippen molar-refractivity contribution >= 4 is 71.1 Å². The number of carboxylic acid groups (broad SMARTS) is 3. The highest BCUT2D eigenvalue weighted by molar-refractivity contribution is 5.99. The minimum absolute atomic E-state index is 0.0183. The molecule has 2 rings (SSSR count). The molecule has 0 radical (unpaired) electrons. The van der Waals surface area contributed by atoms with E-state index in [9.17, 15) is 88.5 Å². The number of nitrogens with zero attached hydrogens (tertiary/aromatic N) is 2. The zero-order chi connectivity index (χ0) is 57.2. The van der Waals surface area contributed by atoms with Gasteiger partial charge in [0.25, 0.3) is 0 Å². The Hall–Kier alpha value is -7.74. The number of nitrogens with one attached hydrogen (secondary N) is 7. The number of nitrogens with two attached hydrogens (primary N) is 4. The molecular weight excluding hydrogens is 1010 g/mol. The topological polar surface area (TPSA) is 533 Å². The molecule has 10 atom stereocenters. The molecule has 31 heteroatoms. The van der Waals surface area contributed by atoms with Crippen molar-refractivity contribution in [2.45, 2.75) is 138 Å². The first-order valence-corrected chi connectivity index (χ1v) is 24.1. The highest BCUT2D eigenvalue weighted by Gasteiger charge is 2.41. The van der Waals surface area contributed by atoms with Crippen molar-refractivity contribution in [3.05, 3.63) is 29.8 Å². The van der Waals surface area contributed by atoms with Gasteiger partial charge >= 0.3 is 17.9 Å². The van der Waals surface area contributed by atoms with Gasteiger partial charge in [-0.1, -0.05) is 12.1 Å². The second-order valence-corrected chi connectivity index (χ2v) is 17.7. The Labute approximate surface area is 435 Å². The maximum Gasteiger partial charge on any atom is 0.326 e. The Morgan fingerprint density at radius 2 is 1.22 bits per heavy atom. The number of phenols is 1. The van der Waals surface area contributed by atoms with Gasteiger partial charge in [-0.15, -0.1) is 0 Å². The van der Waals surface area contributed by atoms with Crippen molar-refractivity contribution in [3.63, 3.8) is 0 Å². The fourth-order valence-electron chi connectivity index (χ4n) is 7.58. The minimum atomic E-state index is -1.98. The van der Waals surface area contributed by atoms with E-state index in [1.165, 1.54) is 24.3 Å². The number of hydrogen-bond donors (Lipinski definition) is 18. The second-order valence-electron chi connectivity index (χ2n) is 17.7. The van der Waals surface area contributed by atoms with Gasteiger partial charge in [0.15, 0.2) is 5.96 Å². The van der Waals surface area contributed by atoms with Crippen LogP contribution < -0.4 is 60.2 Å². The predicted octanol–water partition coefficient (Wildman–Crippen LogP) is -7.38. The van der Waals surface area contributed by atoms with E-state index < -0.39 is 158 Å². The summed E-state index contributed by atoms with van der Waals surface area (Å²) < 4.78 is 0. The quantitative estimate of drug-likeness (QED) is 0.0173. The molecule has 8 amide bonds. The van der Waals surface area contributed by atoms with E-state index >= 15 is 0 Å². The number of carbonyl (C=O) groups is 11. The third-order valence-electron chi connectivity index (χ3n) is 11.7. The van der Waals surface area contributed by atoms with Gasteiger partial charge in [0, 0.05) is 25.9 Å². The highest BCUT2D eigenvalue weighted by atomic mass is 16.4. The zero-order valence-electron chi connectivity index (χ0n) is 41.7. The van der Waals surface area contributed by atoms with E-state index in [4.69, 9.17) is 22.9 Å². The van der Waals surface area contributed by atoms with Gasteiger partial charge in [-0.05, 0) is 82.5 Å². The van der Waals surface area contributed by atoms with Gasteiger partial charge < -0.3 is 101 Å². The number of aromatic hydroxyl groups is 1. The summed E-state index contributed by atoms with van der Waals surface area (Å²) in [5.74, 6) is -13.7. The average Bonchev–Trinajstić information content (AvgIpc) is 3.86. The fourth-order valence-corrected chi connectivity index (χ4v) is 7.58. The lowest BCUT2D eigenvalue weighted by molar-refractivity contribution is -0.144. The van der Waals surface area contributed by atoms with Crippen LogP contribution in [0.5, 0.6) is 5.75 Å². The maximum absolute atomic E-state index is 14.1. The van der Waals surface area contributed by atoms with Crippen LogP contribution in [0.4, 0.5) is 0 Å². The molecule has 76 heavy (non-hydrogen) atoms. The largest absolute Gasteiger partial charge is 0.508 e. The second kappa shape index (κ2) is 32.5. The molecule has 0 aromatic heterocycles. The van der Waals surface area contributed by atoms with Crippen LogP contribution in [0.25, 0.3) is 0 Å². The summed E-state index contributed by atoms with van der Waals surface area (Å²) >= 11 is 0. The van der Waals surface area contributed by atoms with Crippen LogP contribution in [0, 0.1) is 0 Å². The van der Waals surface area contributed by atoms with Gasteiger partial charge in [0.1, 0.15) is 60.1 Å². The number of phenolic OH excluding ortho intramolecular Hbond substituents is 1. The third kappa shape index (κ3) is 22.0. The highest BCUT2D eigenvalue weighted by Crippen LogP contribution is 2.20. The summed E-state index contributed by atoms with van der Waals surface area (Å²) in [4.78, 5) is 149. The lowest BCUT2D eigenvalue weighted by Crippen LogP contribution is -2.61. The van der Waals surface area contributed by atoms with Crippen LogP contribution in [0.3, 0.4) is 0 Å². The molecule has 1 fully saturated rings. The van der Waals surface area contributed by atoms with E-state index in [1.807, 2.05) is 0 Å². The first kappa shape index (κ1) is 64.4. The summed E-state index contributed by atoms with van der Waals surface area (Å²) in [5.41, 5.74) is 22.2. The monoisotopic (exact) mass is 1080 g/mol. The first-order chi connectivity index (χ1) is 35.8. The lowest BCUT2D eigenvalue weighted by atomic mass is 10.0. The molecular formula is C45H71N13O18. The van der Waals surface area contributed by atoms with Crippen molar-refractivity contribution in [2.24, 2.45) is 27.9 Å². The number of aliphatic imine (C=N–C) groups is 1. The van der Waals surface area contributed by atoms with Crippen molar-refractivity contribution in [1.82, 2.24) is 42.1 Å². The number of likely N-dealkylation sites (tertiary alicyclic amines) is 1. The van der Waals surface area contributed by atoms with Crippen LogP contribution in [-0.4, -0.2) is 205 Å². The van der Waals surface area contributed by atoms with Gasteiger partial charge in [-0.25, -0.2) is 4.79 Å². The van der Waals surface area contributed by atoms with Crippen molar-refractivity contribution < 1.29 is 88.5 Å². The minimum Gasteiger partial charge on any atom is -0.508 e. The molecule has 0 unspecified atom stereocenters. The predicted molar refractivity (Wildman–Crippen MR) is 263 cm³/mol. The molecule has 1 aliphatic heterocycles. The van der Waals surface area contributed by atoms with Crippen LogP contribution in [0.1, 0.15) is 76.7 Å². The molecule has 31 nitrogen and oxygen atoms in total. The molecule has 1 aromatic carbocycles. The Bertz CT molecular complexity index is 2210. The van der Waals surface area contributed by atoms with Crippen molar-refractivity contribution in [2.75, 3.05) is 32.8 Å². The molecule has 1 aromatic rings. The van der Waals surface area contributed by atoms with E-state index in [-0.39, 0.29) is 69.9 Å². The zero-order valence-corrected chi connectivity index (χ0v) is 41.7. The molecule has 0 spiro atoms. The smallest absolute Gasteiger partial charge is 0.326 e. The van der Waals surface area contributed by atoms with Gasteiger partial charge in [0.2, 0.25) is 47.3 Å². The molecule has 22 N–H and O–H groups in total. The van der Waals surface area contributed by atoms with Crippen LogP contribution in [0.2, 0.25) is 0 Å². The van der Waals surface area contributed by atoms with Crippen LogP contribution in [-0.2, 0) is 59.2 Å². The molecule has 424 valence electrons. The van der Waals surface area contributed by atoms with Crippen molar-refractivity contribution in [1.29, 1.82) is 0 Å². The Morgan fingerprint density at radius 3 is 1.76 bits per heavy atom. The lowest BCUT2D eigenvalue weighted by Gasteiger charge is -2.30. The summed E-state index contributed by atoms with van der Waals surface area (Å²) in [7, 11) is 0. The Kier molecular flexibility index (Phi) is 27.6. The van der Waals surface area contributed by atoms with E-state index in [0.29, 0.717) is 18.4 Å². The SMILES string of the molecule is C[C@@H](O)[C@H](NC(=O)[C@@H](N)CO)C(=O)N[C@@H](CC(=O)O)C(=O)N[C@@H](CCCN=C(N)N)C(=O)N[C@@H](CO)C(=O)N1CCC[C@H]1C(=O)N[C@@H](Cc1ccc(O)cc1)C(=O)N[C@@H](CCC(=O)O)C(=O)N[C@@H](CCCCN)C(=O)O. The summed E-state index contributed by atoms with van der Waals surface area (Å²) in [5, 5.41) is 84.5. The van der Waals surface area contributed by atoms with E-state index in [2.05, 4.69) is 42.2 Å². The molecule has 1 saturated heterocycles. The number of carbonyl (C=O) groups excluding carboxylic acids is 8. The number of amides is 8. The van der Waals surface area contributed by atoms with E-state index in [1.54, 1.807) is 0 Å². The van der Waals surface area contributed by atoms with Crippen molar-refractivity contribution in [3.8, 4) is 5.75 Å². The van der Waals surface area contributed by atoms with Gasteiger partial charge in [0.05, 0.1) is 25.7 Å². The summed E-state index contributed by atoms with van der Waals surface area (Å²) in [6, 6.07) is -9.39. The Balaban J connectivity index is 2.43. The van der Waals surface area contributed by atoms with Gasteiger partial charge in [-0.3, -0.25) is 52.9 Å². The van der Waals surface area contributed by atoms with E-state index in [0.717, 1.165) is 11.8 Å². The number of aliphatic carboxylic acids is 3. The van der Waals surface area contributed by atoms with Crippen LogP contribution in [0.15, 0.2) is 29.3 Å². The number of aliphatic hydroxyl groups is 3.